The SMILES string of the molecule is CCn1c(SCCOc2ccc(F)cc2)nnc1-c1cn(CC)c2ccccc12. The van der Waals surface area contributed by atoms with E-state index >= 15 is 0 Å². The van der Waals surface area contributed by atoms with E-state index in [1.54, 1.807) is 23.9 Å². The van der Waals surface area contributed by atoms with E-state index in [2.05, 4.69) is 63.6 Å². The number of rotatable bonds is 8. The summed E-state index contributed by atoms with van der Waals surface area (Å²) >= 11 is 1.61. The lowest BCUT2D eigenvalue weighted by Gasteiger charge is -2.08. The number of hydrogen-bond donors (Lipinski definition) is 0. The van der Waals surface area contributed by atoms with Crippen LogP contribution in [0.5, 0.6) is 5.75 Å². The van der Waals surface area contributed by atoms with Crippen LogP contribution in [0, 0.1) is 5.82 Å². The summed E-state index contributed by atoms with van der Waals surface area (Å²) < 4.78 is 23.0. The van der Waals surface area contributed by atoms with Gasteiger partial charge in [-0.2, -0.15) is 0 Å². The van der Waals surface area contributed by atoms with Crippen LogP contribution >= 0.6 is 11.8 Å². The van der Waals surface area contributed by atoms with Crippen molar-refractivity contribution in [1.29, 1.82) is 0 Å². The van der Waals surface area contributed by atoms with Crippen molar-refractivity contribution >= 4 is 22.7 Å². The summed E-state index contributed by atoms with van der Waals surface area (Å²) in [5.74, 6) is 2.02. The molecule has 7 heteroatoms. The third kappa shape index (κ3) is 4.00. The van der Waals surface area contributed by atoms with Crippen LogP contribution in [0.15, 0.2) is 59.9 Å². The fraction of sp³-hybridized carbons (Fsp3) is 0.273. The van der Waals surface area contributed by atoms with Crippen LogP contribution in [-0.4, -0.2) is 31.7 Å². The zero-order valence-corrected chi connectivity index (χ0v) is 17.3. The molecule has 150 valence electrons. The van der Waals surface area contributed by atoms with Gasteiger partial charge in [0.25, 0.3) is 0 Å². The standard InChI is InChI=1S/C22H23FN4OS/c1-3-26-15-19(18-7-5-6-8-20(18)26)21-24-25-22(27(21)4-2)29-14-13-28-17-11-9-16(23)10-12-17/h5-12,15H,3-4,13-14H2,1-2H3. The van der Waals surface area contributed by atoms with Crippen LogP contribution in [0.3, 0.4) is 0 Å². The average Bonchev–Trinajstić information content (AvgIpc) is 3.33. The summed E-state index contributed by atoms with van der Waals surface area (Å²) in [6, 6.07) is 14.5. The zero-order valence-electron chi connectivity index (χ0n) is 16.5. The van der Waals surface area contributed by atoms with E-state index in [4.69, 9.17) is 4.74 Å². The first-order chi connectivity index (χ1) is 14.2. The molecule has 2 aromatic heterocycles. The molecule has 0 bridgehead atoms. The molecule has 0 aliphatic heterocycles. The highest BCUT2D eigenvalue weighted by Crippen LogP contribution is 2.31. The van der Waals surface area contributed by atoms with Gasteiger partial charge in [0.2, 0.25) is 0 Å². The van der Waals surface area contributed by atoms with Crippen molar-refractivity contribution in [3.8, 4) is 17.1 Å². The minimum Gasteiger partial charge on any atom is -0.493 e. The number of ether oxygens (including phenoxy) is 1. The maximum absolute atomic E-state index is 13.0. The molecule has 0 aliphatic rings. The largest absolute Gasteiger partial charge is 0.493 e. The van der Waals surface area contributed by atoms with E-state index in [1.165, 1.54) is 23.0 Å². The molecule has 4 rings (SSSR count). The van der Waals surface area contributed by atoms with Gasteiger partial charge in [0.1, 0.15) is 11.6 Å². The lowest BCUT2D eigenvalue weighted by atomic mass is 10.1. The Kier molecular flexibility index (Phi) is 5.85. The minimum atomic E-state index is -0.264. The second-order valence-electron chi connectivity index (χ2n) is 6.55. The van der Waals surface area contributed by atoms with Crippen LogP contribution in [0.4, 0.5) is 4.39 Å². The van der Waals surface area contributed by atoms with E-state index < -0.39 is 0 Å². The molecule has 0 fully saturated rings. The Labute approximate surface area is 173 Å². The van der Waals surface area contributed by atoms with E-state index in [-0.39, 0.29) is 5.82 Å². The van der Waals surface area contributed by atoms with Crippen molar-refractivity contribution in [3.63, 3.8) is 0 Å². The van der Waals surface area contributed by atoms with E-state index in [0.29, 0.717) is 12.4 Å². The highest BCUT2D eigenvalue weighted by Gasteiger charge is 2.17. The van der Waals surface area contributed by atoms with Gasteiger partial charge in [0.05, 0.1) is 6.61 Å². The molecular weight excluding hydrogens is 387 g/mol. The Balaban J connectivity index is 1.51. The van der Waals surface area contributed by atoms with Crippen LogP contribution in [0.25, 0.3) is 22.3 Å². The molecule has 0 unspecified atom stereocenters. The molecule has 2 heterocycles. The van der Waals surface area contributed by atoms with Gasteiger partial charge in [0, 0.05) is 41.5 Å². The molecule has 0 saturated carbocycles. The van der Waals surface area contributed by atoms with Gasteiger partial charge in [-0.3, -0.25) is 0 Å². The number of halogens is 1. The molecule has 5 nitrogen and oxygen atoms in total. The molecule has 0 amide bonds. The van der Waals surface area contributed by atoms with Crippen molar-refractivity contribution in [2.45, 2.75) is 32.1 Å². The van der Waals surface area contributed by atoms with Crippen LogP contribution < -0.4 is 4.74 Å². The minimum absolute atomic E-state index is 0.264. The van der Waals surface area contributed by atoms with Gasteiger partial charge in [-0.15, -0.1) is 10.2 Å². The van der Waals surface area contributed by atoms with Crippen molar-refractivity contribution in [2.24, 2.45) is 0 Å². The highest BCUT2D eigenvalue weighted by molar-refractivity contribution is 7.99. The molecule has 4 aromatic rings. The quantitative estimate of drug-likeness (QED) is 0.294. The Morgan fingerprint density at radius 1 is 1.00 bits per heavy atom. The molecular formula is C22H23FN4OS. The predicted molar refractivity (Wildman–Crippen MR) is 115 cm³/mol. The number of hydrogen-bond acceptors (Lipinski definition) is 4. The summed E-state index contributed by atoms with van der Waals surface area (Å²) in [7, 11) is 0. The Bertz CT molecular complexity index is 1100. The Morgan fingerprint density at radius 2 is 1.79 bits per heavy atom. The fourth-order valence-electron chi connectivity index (χ4n) is 3.39. The number of aryl methyl sites for hydroxylation is 1. The van der Waals surface area contributed by atoms with Gasteiger partial charge in [-0.05, 0) is 44.2 Å². The van der Waals surface area contributed by atoms with Crippen molar-refractivity contribution in [1.82, 2.24) is 19.3 Å². The van der Waals surface area contributed by atoms with Crippen LogP contribution in [0.1, 0.15) is 13.8 Å². The van der Waals surface area contributed by atoms with Crippen molar-refractivity contribution in [2.75, 3.05) is 12.4 Å². The van der Waals surface area contributed by atoms with Gasteiger partial charge < -0.3 is 13.9 Å². The second kappa shape index (κ2) is 8.69. The zero-order chi connectivity index (χ0) is 20.2. The van der Waals surface area contributed by atoms with E-state index in [9.17, 15) is 4.39 Å². The van der Waals surface area contributed by atoms with Crippen LogP contribution in [-0.2, 0) is 13.1 Å². The fourth-order valence-corrected chi connectivity index (χ4v) is 4.21. The first-order valence-corrected chi connectivity index (χ1v) is 10.7. The Morgan fingerprint density at radius 3 is 2.55 bits per heavy atom. The maximum Gasteiger partial charge on any atom is 0.191 e. The normalized spacial score (nSPS) is 11.3. The van der Waals surface area contributed by atoms with Crippen LogP contribution in [0.2, 0.25) is 0 Å². The summed E-state index contributed by atoms with van der Waals surface area (Å²) in [6.45, 7) is 6.45. The molecule has 0 N–H and O–H groups in total. The lowest BCUT2D eigenvalue weighted by molar-refractivity contribution is 0.343. The highest BCUT2D eigenvalue weighted by atomic mass is 32.2. The number of benzene rings is 2. The van der Waals surface area contributed by atoms with Gasteiger partial charge in [-0.25, -0.2) is 4.39 Å². The van der Waals surface area contributed by atoms with Crippen molar-refractivity contribution < 1.29 is 9.13 Å². The summed E-state index contributed by atoms with van der Waals surface area (Å²) in [5.41, 5.74) is 2.31. The summed E-state index contributed by atoms with van der Waals surface area (Å²) in [5, 5.41) is 11.0. The first-order valence-electron chi connectivity index (χ1n) is 9.73. The molecule has 0 radical (unpaired) electrons. The summed E-state index contributed by atoms with van der Waals surface area (Å²) in [4.78, 5) is 0. The topological polar surface area (TPSA) is 44.9 Å². The second-order valence-corrected chi connectivity index (χ2v) is 7.61. The maximum atomic E-state index is 13.0. The molecule has 0 atom stereocenters. The predicted octanol–water partition coefficient (Wildman–Crippen LogP) is 5.25. The molecule has 0 spiro atoms. The smallest absolute Gasteiger partial charge is 0.191 e. The number of para-hydroxylation sites is 1. The number of nitrogens with zero attached hydrogens (tertiary/aromatic N) is 4. The van der Waals surface area contributed by atoms with E-state index in [0.717, 1.165) is 35.4 Å². The first kappa shape index (κ1) is 19.5. The monoisotopic (exact) mass is 410 g/mol. The number of fused-ring (bicyclic) bond motifs is 1. The van der Waals surface area contributed by atoms with Gasteiger partial charge in [-0.1, -0.05) is 30.0 Å². The third-order valence-electron chi connectivity index (χ3n) is 4.80. The Hall–Kier alpha value is -2.80. The number of aromatic nitrogens is 4. The molecule has 29 heavy (non-hydrogen) atoms. The average molecular weight is 411 g/mol. The van der Waals surface area contributed by atoms with Gasteiger partial charge >= 0.3 is 0 Å². The number of thioether (sulfide) groups is 1. The van der Waals surface area contributed by atoms with E-state index in [1.807, 2.05) is 0 Å². The van der Waals surface area contributed by atoms with Crippen molar-refractivity contribution in [3.05, 3.63) is 60.5 Å². The third-order valence-corrected chi connectivity index (χ3v) is 5.73. The summed E-state index contributed by atoms with van der Waals surface area (Å²) in [6.07, 6.45) is 2.16. The molecule has 2 aromatic carbocycles. The van der Waals surface area contributed by atoms with Gasteiger partial charge in [0.15, 0.2) is 11.0 Å². The molecule has 0 aliphatic carbocycles. The molecule has 0 saturated heterocycles. The lowest BCUT2D eigenvalue weighted by Crippen LogP contribution is -2.03.